The van der Waals surface area contributed by atoms with Crippen molar-refractivity contribution < 1.29 is 17.9 Å². The van der Waals surface area contributed by atoms with Crippen LogP contribution in [0.2, 0.25) is 0 Å². The molecule has 15 heavy (non-hydrogen) atoms. The molecule has 1 aromatic rings. The number of halogens is 5. The first-order valence-corrected chi connectivity index (χ1v) is 5.06. The normalized spacial score (nSPS) is 11.5. The minimum absolute atomic E-state index is 0.122. The van der Waals surface area contributed by atoms with Crippen molar-refractivity contribution in [3.63, 3.8) is 0 Å². The van der Waals surface area contributed by atoms with Gasteiger partial charge in [0.15, 0.2) is 0 Å². The summed E-state index contributed by atoms with van der Waals surface area (Å²) < 4.78 is 40.2. The third kappa shape index (κ3) is 3.46. The summed E-state index contributed by atoms with van der Waals surface area (Å²) in [7, 11) is 0. The zero-order chi connectivity index (χ0) is 11.6. The summed E-state index contributed by atoms with van der Waals surface area (Å²) in [5.74, 6) is -0.533. The largest absolute Gasteiger partial charge is 0.573 e. The van der Waals surface area contributed by atoms with Crippen molar-refractivity contribution in [2.45, 2.75) is 12.2 Å². The van der Waals surface area contributed by atoms with Gasteiger partial charge in [0.1, 0.15) is 5.75 Å². The zero-order valence-corrected chi connectivity index (χ0v) is 9.58. The lowest BCUT2D eigenvalue weighted by Crippen LogP contribution is -2.18. The molecule has 0 aliphatic carbocycles. The van der Waals surface area contributed by atoms with E-state index in [-0.39, 0.29) is 22.9 Å². The van der Waals surface area contributed by atoms with Crippen LogP contribution in [0, 0.1) is 0 Å². The van der Waals surface area contributed by atoms with Gasteiger partial charge in [0.25, 0.3) is 0 Å². The van der Waals surface area contributed by atoms with E-state index in [9.17, 15) is 13.2 Å². The Morgan fingerprint density at radius 3 is 2.47 bits per heavy atom. The Morgan fingerprint density at radius 2 is 2.00 bits per heavy atom. The Bertz CT molecular complexity index is 370. The van der Waals surface area contributed by atoms with Crippen LogP contribution in [0.5, 0.6) is 5.75 Å². The van der Waals surface area contributed by atoms with E-state index in [2.05, 4.69) is 20.7 Å². The van der Waals surface area contributed by atoms with Gasteiger partial charge in [-0.3, -0.25) is 0 Å². The van der Waals surface area contributed by atoms with E-state index in [1.807, 2.05) is 0 Å². The summed E-state index contributed by atoms with van der Waals surface area (Å²) in [6.07, 6.45) is -4.76. The van der Waals surface area contributed by atoms with E-state index >= 15 is 0 Å². The van der Waals surface area contributed by atoms with E-state index < -0.39 is 6.36 Å². The van der Waals surface area contributed by atoms with E-state index in [0.717, 1.165) is 0 Å². The minimum Gasteiger partial charge on any atom is -0.405 e. The lowest BCUT2D eigenvalue weighted by Gasteiger charge is -2.14. The zero-order valence-electron chi connectivity index (χ0n) is 7.24. The maximum Gasteiger partial charge on any atom is 0.573 e. The molecule has 0 amide bonds. The van der Waals surface area contributed by atoms with E-state index in [1.54, 1.807) is 0 Å². The fraction of sp³-hybridized carbons (Fsp3) is 0.250. The maximum absolute atomic E-state index is 12.0. The van der Waals surface area contributed by atoms with Gasteiger partial charge in [-0.15, -0.1) is 24.8 Å². The standard InChI is InChI=1S/C8H6BrClF3NO/c9-4-1-6(14)5(3-10)7(2-4)15-8(11,12)13/h1-2H,3,14H2. The molecule has 0 aliphatic rings. The van der Waals surface area contributed by atoms with Gasteiger partial charge >= 0.3 is 6.36 Å². The van der Waals surface area contributed by atoms with Crippen LogP contribution in [0.25, 0.3) is 0 Å². The van der Waals surface area contributed by atoms with Gasteiger partial charge in [0.05, 0.1) is 5.88 Å². The molecule has 7 heteroatoms. The molecule has 0 bridgehead atoms. The predicted molar refractivity (Wildman–Crippen MR) is 54.8 cm³/mol. The van der Waals surface area contributed by atoms with Gasteiger partial charge in [0.2, 0.25) is 0 Å². The van der Waals surface area contributed by atoms with Gasteiger partial charge in [-0.1, -0.05) is 15.9 Å². The first-order chi connectivity index (χ1) is 6.83. The Kier molecular flexibility index (Phi) is 3.72. The summed E-state index contributed by atoms with van der Waals surface area (Å²) in [4.78, 5) is 0. The van der Waals surface area contributed by atoms with Crippen molar-refractivity contribution in [2.24, 2.45) is 0 Å². The average molecular weight is 304 g/mol. The molecular formula is C8H6BrClF3NO. The number of hydrogen-bond donors (Lipinski definition) is 1. The molecule has 0 saturated carbocycles. The van der Waals surface area contributed by atoms with Crippen LogP contribution >= 0.6 is 27.5 Å². The molecule has 0 atom stereocenters. The lowest BCUT2D eigenvalue weighted by molar-refractivity contribution is -0.274. The summed E-state index contributed by atoms with van der Waals surface area (Å²) in [6, 6.07) is 2.63. The van der Waals surface area contributed by atoms with E-state index in [4.69, 9.17) is 17.3 Å². The van der Waals surface area contributed by atoms with Gasteiger partial charge < -0.3 is 10.5 Å². The third-order valence-electron chi connectivity index (χ3n) is 1.57. The summed E-state index contributed by atoms with van der Waals surface area (Å²) in [5, 5.41) is 0. The van der Waals surface area contributed by atoms with Crippen molar-refractivity contribution in [3.8, 4) is 5.75 Å². The number of anilines is 1. The predicted octanol–water partition coefficient (Wildman–Crippen LogP) is 3.67. The quantitative estimate of drug-likeness (QED) is 0.668. The topological polar surface area (TPSA) is 35.2 Å². The van der Waals surface area contributed by atoms with Crippen molar-refractivity contribution in [3.05, 3.63) is 22.2 Å². The number of ether oxygens (including phenoxy) is 1. The van der Waals surface area contributed by atoms with Crippen LogP contribution in [0.4, 0.5) is 18.9 Å². The van der Waals surface area contributed by atoms with Crippen LogP contribution in [-0.4, -0.2) is 6.36 Å². The number of hydrogen-bond acceptors (Lipinski definition) is 2. The van der Waals surface area contributed by atoms with Gasteiger partial charge in [-0.25, -0.2) is 0 Å². The Hall–Kier alpha value is -0.620. The number of nitrogen functional groups attached to an aromatic ring is 1. The van der Waals surface area contributed by atoms with Crippen molar-refractivity contribution in [2.75, 3.05) is 5.73 Å². The molecule has 0 unspecified atom stereocenters. The molecular weight excluding hydrogens is 298 g/mol. The Morgan fingerprint density at radius 1 is 1.40 bits per heavy atom. The summed E-state index contributed by atoms with van der Waals surface area (Å²) in [6.45, 7) is 0. The molecule has 0 saturated heterocycles. The second-order valence-electron chi connectivity index (χ2n) is 2.65. The molecule has 0 aromatic heterocycles. The maximum atomic E-state index is 12.0. The van der Waals surface area contributed by atoms with E-state index in [1.165, 1.54) is 12.1 Å². The number of nitrogens with two attached hydrogens (primary N) is 1. The second-order valence-corrected chi connectivity index (χ2v) is 3.84. The van der Waals surface area contributed by atoms with Crippen LogP contribution in [0.1, 0.15) is 5.56 Å². The molecule has 1 rings (SSSR count). The smallest absolute Gasteiger partial charge is 0.405 e. The minimum atomic E-state index is -4.76. The average Bonchev–Trinajstić information content (AvgIpc) is 1.99. The number of rotatable bonds is 2. The molecule has 0 aliphatic heterocycles. The molecule has 0 fully saturated rings. The number of benzene rings is 1. The highest BCUT2D eigenvalue weighted by Gasteiger charge is 2.32. The molecule has 2 N–H and O–H groups in total. The lowest BCUT2D eigenvalue weighted by atomic mass is 10.2. The first-order valence-electron chi connectivity index (χ1n) is 3.73. The monoisotopic (exact) mass is 303 g/mol. The first kappa shape index (κ1) is 12.4. The second kappa shape index (κ2) is 4.49. The van der Waals surface area contributed by atoms with Gasteiger partial charge in [-0.05, 0) is 12.1 Å². The van der Waals surface area contributed by atoms with Crippen molar-refractivity contribution in [1.29, 1.82) is 0 Å². The van der Waals surface area contributed by atoms with Crippen molar-refractivity contribution in [1.82, 2.24) is 0 Å². The Labute approximate surface area is 97.3 Å². The highest BCUT2D eigenvalue weighted by atomic mass is 79.9. The van der Waals surface area contributed by atoms with Crippen LogP contribution in [0.15, 0.2) is 16.6 Å². The third-order valence-corrected chi connectivity index (χ3v) is 2.29. The number of alkyl halides is 4. The van der Waals surface area contributed by atoms with Crippen LogP contribution in [-0.2, 0) is 5.88 Å². The Balaban J connectivity index is 3.15. The molecule has 0 spiro atoms. The van der Waals surface area contributed by atoms with Crippen LogP contribution in [0.3, 0.4) is 0 Å². The summed E-state index contributed by atoms with van der Waals surface area (Å²) in [5.41, 5.74) is 5.76. The van der Waals surface area contributed by atoms with Gasteiger partial charge in [-0.2, -0.15) is 0 Å². The molecule has 0 heterocycles. The van der Waals surface area contributed by atoms with E-state index in [0.29, 0.717) is 4.47 Å². The summed E-state index contributed by atoms with van der Waals surface area (Å²) >= 11 is 8.49. The fourth-order valence-electron chi connectivity index (χ4n) is 0.991. The molecule has 0 radical (unpaired) electrons. The molecule has 1 aromatic carbocycles. The SMILES string of the molecule is Nc1cc(Br)cc(OC(F)(F)F)c1CCl. The van der Waals surface area contributed by atoms with Gasteiger partial charge in [0, 0.05) is 15.7 Å². The molecule has 2 nitrogen and oxygen atoms in total. The van der Waals surface area contributed by atoms with Crippen LogP contribution < -0.4 is 10.5 Å². The van der Waals surface area contributed by atoms with Crippen molar-refractivity contribution >= 4 is 33.2 Å². The molecule has 84 valence electrons. The fourth-order valence-corrected chi connectivity index (χ4v) is 1.73. The highest BCUT2D eigenvalue weighted by molar-refractivity contribution is 9.10. The highest BCUT2D eigenvalue weighted by Crippen LogP contribution is 2.34.